The van der Waals surface area contributed by atoms with Gasteiger partial charge in [-0.05, 0) is 12.8 Å². The maximum Gasteiger partial charge on any atom is 0.303 e. The van der Waals surface area contributed by atoms with Crippen LogP contribution in [0.1, 0.15) is 41.5 Å². The Balaban J connectivity index is 3.15. The van der Waals surface area contributed by atoms with E-state index in [2.05, 4.69) is 0 Å². The molecule has 1 unspecified atom stereocenters. The summed E-state index contributed by atoms with van der Waals surface area (Å²) in [7, 11) is 0. The fourth-order valence-electron chi connectivity index (χ4n) is 2.59. The largest absolute Gasteiger partial charge is 0.456 e. The van der Waals surface area contributed by atoms with E-state index >= 15 is 0 Å². The van der Waals surface area contributed by atoms with Crippen LogP contribution >= 0.6 is 0 Å². The molecule has 126 valence electrons. The van der Waals surface area contributed by atoms with Crippen molar-refractivity contribution in [2.24, 2.45) is 5.92 Å². The molecule has 1 aliphatic heterocycles. The lowest BCUT2D eigenvalue weighted by atomic mass is 9.89. The van der Waals surface area contributed by atoms with Crippen LogP contribution in [-0.2, 0) is 33.3 Å². The summed E-state index contributed by atoms with van der Waals surface area (Å²) in [5.41, 5.74) is 0. The smallest absolute Gasteiger partial charge is 0.303 e. The fraction of sp³-hybridized carbons (Fsp3) is 0.800. The van der Waals surface area contributed by atoms with E-state index in [1.807, 2.05) is 13.8 Å². The van der Waals surface area contributed by atoms with Crippen molar-refractivity contribution in [3.63, 3.8) is 0 Å². The molecule has 0 saturated carbocycles. The van der Waals surface area contributed by atoms with Crippen molar-refractivity contribution in [3.8, 4) is 0 Å². The minimum atomic E-state index is -0.901. The predicted octanol–water partition coefficient (Wildman–Crippen LogP) is 1.22. The topological polar surface area (TPSA) is 88.1 Å². The van der Waals surface area contributed by atoms with Crippen molar-refractivity contribution in [3.05, 3.63) is 0 Å². The highest BCUT2D eigenvalue weighted by atomic mass is 16.6. The van der Waals surface area contributed by atoms with E-state index in [9.17, 15) is 14.4 Å². The Labute approximate surface area is 130 Å². The van der Waals surface area contributed by atoms with Crippen LogP contribution in [-0.4, -0.2) is 48.4 Å². The van der Waals surface area contributed by atoms with Crippen LogP contribution in [0.5, 0.6) is 0 Å². The number of hydrogen-bond donors (Lipinski definition) is 0. The maximum absolute atomic E-state index is 11.4. The van der Waals surface area contributed by atoms with Gasteiger partial charge in [0.2, 0.25) is 0 Å². The average molecular weight is 316 g/mol. The van der Waals surface area contributed by atoms with Crippen LogP contribution in [0.25, 0.3) is 0 Å². The van der Waals surface area contributed by atoms with Crippen molar-refractivity contribution in [2.45, 2.75) is 72.1 Å². The average Bonchev–Trinajstić information content (AvgIpc) is 2.34. The molecule has 0 aliphatic carbocycles. The molecule has 0 aromatic heterocycles. The molecule has 0 bridgehead atoms. The molecule has 22 heavy (non-hydrogen) atoms. The van der Waals surface area contributed by atoms with Crippen LogP contribution in [0.2, 0.25) is 0 Å². The summed E-state index contributed by atoms with van der Waals surface area (Å²) < 4.78 is 21.7. The molecule has 0 spiro atoms. The summed E-state index contributed by atoms with van der Waals surface area (Å²) in [5, 5.41) is 0. The van der Waals surface area contributed by atoms with E-state index in [1.165, 1.54) is 20.8 Å². The first kappa shape index (κ1) is 18.4. The lowest BCUT2D eigenvalue weighted by molar-refractivity contribution is -0.250. The van der Waals surface area contributed by atoms with Crippen molar-refractivity contribution >= 4 is 17.9 Å². The van der Waals surface area contributed by atoms with Crippen molar-refractivity contribution in [2.75, 3.05) is 0 Å². The molecule has 0 amide bonds. The van der Waals surface area contributed by atoms with Gasteiger partial charge in [0.05, 0.1) is 6.10 Å². The van der Waals surface area contributed by atoms with Gasteiger partial charge in [0.1, 0.15) is 6.10 Å². The molecule has 0 aromatic rings. The van der Waals surface area contributed by atoms with E-state index in [4.69, 9.17) is 18.9 Å². The SMILES string of the molecule is CC(=O)O[C@@H]1[C@@H](OC(C)=O)[C@H](OC(C)=O)C(C(C)C)O[C@H]1C. The lowest BCUT2D eigenvalue weighted by Gasteiger charge is -2.45. The third kappa shape index (κ3) is 4.69. The number of rotatable bonds is 4. The third-order valence-corrected chi connectivity index (χ3v) is 3.37. The molecule has 1 rings (SSSR count). The van der Waals surface area contributed by atoms with E-state index in [1.54, 1.807) is 6.92 Å². The van der Waals surface area contributed by atoms with Crippen LogP contribution < -0.4 is 0 Å². The summed E-state index contributed by atoms with van der Waals surface area (Å²) in [4.78, 5) is 34.1. The normalized spacial score (nSPS) is 31.5. The minimum absolute atomic E-state index is 0.0168. The number of carbonyl (C=O) groups excluding carboxylic acids is 3. The predicted molar refractivity (Wildman–Crippen MR) is 75.8 cm³/mol. The molecule has 0 radical (unpaired) electrons. The molecule has 7 nitrogen and oxygen atoms in total. The lowest BCUT2D eigenvalue weighted by Crippen LogP contribution is -2.61. The van der Waals surface area contributed by atoms with E-state index in [0.29, 0.717) is 0 Å². The second-order valence-electron chi connectivity index (χ2n) is 5.77. The maximum atomic E-state index is 11.4. The highest BCUT2D eigenvalue weighted by molar-refractivity contribution is 5.68. The van der Waals surface area contributed by atoms with Gasteiger partial charge in [0.15, 0.2) is 18.3 Å². The molecule has 1 heterocycles. The standard InChI is InChI=1S/C15H24O7/c1-7(2)12-14(21-10(5)17)15(22-11(6)18)13(8(3)19-12)20-9(4)16/h7-8,12-15H,1-6H3/t8-,12?,13-,14+,15+/m0/s1. The summed E-state index contributed by atoms with van der Waals surface area (Å²) in [6.07, 6.45) is -3.52. The highest BCUT2D eigenvalue weighted by Gasteiger charge is 2.50. The first-order valence-electron chi connectivity index (χ1n) is 7.30. The zero-order valence-electron chi connectivity index (χ0n) is 13.8. The van der Waals surface area contributed by atoms with Crippen molar-refractivity contribution < 1.29 is 33.3 Å². The van der Waals surface area contributed by atoms with Gasteiger partial charge in [0.25, 0.3) is 0 Å². The van der Waals surface area contributed by atoms with Crippen molar-refractivity contribution in [1.29, 1.82) is 0 Å². The van der Waals surface area contributed by atoms with Crippen LogP contribution in [0.4, 0.5) is 0 Å². The van der Waals surface area contributed by atoms with Gasteiger partial charge in [-0.3, -0.25) is 14.4 Å². The molecule has 1 saturated heterocycles. The third-order valence-electron chi connectivity index (χ3n) is 3.37. The molecule has 1 aliphatic rings. The molecule has 0 N–H and O–H groups in total. The number of carbonyl (C=O) groups is 3. The zero-order chi connectivity index (χ0) is 17.0. The number of hydrogen-bond acceptors (Lipinski definition) is 7. The zero-order valence-corrected chi connectivity index (χ0v) is 13.8. The summed E-state index contributed by atoms with van der Waals surface area (Å²) in [6.45, 7) is 9.31. The monoisotopic (exact) mass is 316 g/mol. The Kier molecular flexibility index (Phi) is 6.34. The fourth-order valence-corrected chi connectivity index (χ4v) is 2.59. The van der Waals surface area contributed by atoms with Gasteiger partial charge in [-0.25, -0.2) is 0 Å². The summed E-state index contributed by atoms with van der Waals surface area (Å²) in [6, 6.07) is 0. The highest BCUT2D eigenvalue weighted by Crippen LogP contribution is 2.31. The van der Waals surface area contributed by atoms with Crippen molar-refractivity contribution in [1.82, 2.24) is 0 Å². The van der Waals surface area contributed by atoms with E-state index < -0.39 is 48.4 Å². The number of esters is 3. The minimum Gasteiger partial charge on any atom is -0.456 e. The van der Waals surface area contributed by atoms with Crippen LogP contribution in [0.3, 0.4) is 0 Å². The van der Waals surface area contributed by atoms with E-state index in [0.717, 1.165) is 0 Å². The van der Waals surface area contributed by atoms with Gasteiger partial charge in [-0.2, -0.15) is 0 Å². The summed E-state index contributed by atoms with van der Waals surface area (Å²) in [5.74, 6) is -1.58. The van der Waals surface area contributed by atoms with Gasteiger partial charge < -0.3 is 18.9 Å². The Morgan fingerprint density at radius 1 is 0.818 bits per heavy atom. The van der Waals surface area contributed by atoms with Crippen LogP contribution in [0, 0.1) is 5.92 Å². The van der Waals surface area contributed by atoms with Gasteiger partial charge in [0, 0.05) is 20.8 Å². The first-order valence-corrected chi connectivity index (χ1v) is 7.30. The molecule has 1 fully saturated rings. The van der Waals surface area contributed by atoms with Gasteiger partial charge >= 0.3 is 17.9 Å². The first-order chi connectivity index (χ1) is 10.1. The number of ether oxygens (including phenoxy) is 4. The molecule has 5 atom stereocenters. The Morgan fingerprint density at radius 3 is 1.64 bits per heavy atom. The molecule has 7 heteroatoms. The van der Waals surface area contributed by atoms with Gasteiger partial charge in [-0.1, -0.05) is 13.8 Å². The second-order valence-corrected chi connectivity index (χ2v) is 5.77. The van der Waals surface area contributed by atoms with Crippen LogP contribution in [0.15, 0.2) is 0 Å². The molecule has 0 aromatic carbocycles. The molecular formula is C15H24O7. The van der Waals surface area contributed by atoms with E-state index in [-0.39, 0.29) is 5.92 Å². The molecular weight excluding hydrogens is 292 g/mol. The second kappa shape index (κ2) is 7.58. The summed E-state index contributed by atoms with van der Waals surface area (Å²) >= 11 is 0. The van der Waals surface area contributed by atoms with Gasteiger partial charge in [-0.15, -0.1) is 0 Å². The Hall–Kier alpha value is -1.63. The quantitative estimate of drug-likeness (QED) is 0.569. The Bertz CT molecular complexity index is 432. The Morgan fingerprint density at radius 2 is 1.23 bits per heavy atom.